The topological polar surface area (TPSA) is 106 Å². The van der Waals surface area contributed by atoms with Crippen LogP contribution < -0.4 is 10.6 Å². The average molecular weight is 484 g/mol. The number of anilines is 2. The van der Waals surface area contributed by atoms with Crippen molar-refractivity contribution in [1.29, 1.82) is 5.26 Å². The number of nitriles is 1. The van der Waals surface area contributed by atoms with Crippen molar-refractivity contribution in [1.82, 2.24) is 15.3 Å². The highest BCUT2D eigenvalue weighted by atomic mass is 32.1. The lowest BCUT2D eigenvalue weighted by Crippen LogP contribution is -2.19. The lowest BCUT2D eigenvalue weighted by atomic mass is 10.1. The minimum atomic E-state index is 0.0430. The molecule has 3 heterocycles. The SMILES string of the molecule is N#Cc1cnc2sc(-c3cccc(CNCCOCCO)c3)cc2c1Nc1ccc2[nH]ccc2c1. The summed E-state index contributed by atoms with van der Waals surface area (Å²) in [6, 6.07) is 20.9. The fraction of sp³-hybridized carbons (Fsp3) is 0.185. The summed E-state index contributed by atoms with van der Waals surface area (Å²) < 4.78 is 5.29. The largest absolute Gasteiger partial charge is 0.394 e. The predicted molar refractivity (Wildman–Crippen MR) is 141 cm³/mol. The Kier molecular flexibility index (Phi) is 7.02. The van der Waals surface area contributed by atoms with Crippen LogP contribution >= 0.6 is 11.3 Å². The third-order valence-electron chi connectivity index (χ3n) is 5.70. The van der Waals surface area contributed by atoms with E-state index in [-0.39, 0.29) is 6.61 Å². The maximum Gasteiger partial charge on any atom is 0.126 e. The number of ether oxygens (including phenoxy) is 1. The molecule has 0 unspecified atom stereocenters. The number of thiophene rings is 1. The molecule has 7 nitrogen and oxygen atoms in total. The zero-order valence-corrected chi connectivity index (χ0v) is 19.9. The second-order valence-electron chi connectivity index (χ2n) is 8.11. The van der Waals surface area contributed by atoms with Crippen LogP contribution in [-0.4, -0.2) is 41.4 Å². The summed E-state index contributed by atoms with van der Waals surface area (Å²) in [4.78, 5) is 9.74. The van der Waals surface area contributed by atoms with Gasteiger partial charge in [-0.25, -0.2) is 4.98 Å². The molecule has 8 heteroatoms. The molecule has 2 aromatic carbocycles. The molecule has 0 amide bonds. The molecule has 176 valence electrons. The maximum absolute atomic E-state index is 9.75. The number of pyridine rings is 1. The number of nitrogens with zero attached hydrogens (tertiary/aromatic N) is 2. The maximum atomic E-state index is 9.75. The van der Waals surface area contributed by atoms with Crippen molar-refractivity contribution in [3.8, 4) is 16.5 Å². The van der Waals surface area contributed by atoms with E-state index < -0.39 is 0 Å². The summed E-state index contributed by atoms with van der Waals surface area (Å²) >= 11 is 1.61. The molecule has 0 saturated carbocycles. The number of fused-ring (bicyclic) bond motifs is 2. The predicted octanol–water partition coefficient (Wildman–Crippen LogP) is 5.16. The molecule has 0 fully saturated rings. The van der Waals surface area contributed by atoms with E-state index in [4.69, 9.17) is 9.84 Å². The normalized spacial score (nSPS) is 11.2. The summed E-state index contributed by atoms with van der Waals surface area (Å²) in [6.07, 6.45) is 3.55. The van der Waals surface area contributed by atoms with Gasteiger partial charge >= 0.3 is 0 Å². The van der Waals surface area contributed by atoms with Gasteiger partial charge in [-0.2, -0.15) is 5.26 Å². The first-order chi connectivity index (χ1) is 17.2. The van der Waals surface area contributed by atoms with E-state index in [2.05, 4.69) is 63.1 Å². The Morgan fingerprint density at radius 1 is 1.11 bits per heavy atom. The van der Waals surface area contributed by atoms with Gasteiger partial charge in [0.25, 0.3) is 0 Å². The van der Waals surface area contributed by atoms with Gasteiger partial charge in [-0.3, -0.25) is 0 Å². The van der Waals surface area contributed by atoms with Crippen molar-refractivity contribution in [3.05, 3.63) is 78.1 Å². The van der Waals surface area contributed by atoms with E-state index in [1.165, 1.54) is 5.56 Å². The summed E-state index contributed by atoms with van der Waals surface area (Å²) in [5, 5.41) is 27.4. The summed E-state index contributed by atoms with van der Waals surface area (Å²) in [7, 11) is 0. The second kappa shape index (κ2) is 10.7. The Morgan fingerprint density at radius 3 is 2.94 bits per heavy atom. The molecular weight excluding hydrogens is 458 g/mol. The first-order valence-electron chi connectivity index (χ1n) is 11.4. The molecule has 5 rings (SSSR count). The molecule has 3 aromatic heterocycles. The van der Waals surface area contributed by atoms with Crippen molar-refractivity contribution in [3.63, 3.8) is 0 Å². The number of aliphatic hydroxyl groups is 1. The number of benzene rings is 2. The number of rotatable bonds is 10. The van der Waals surface area contributed by atoms with Crippen molar-refractivity contribution in [2.24, 2.45) is 0 Å². The molecule has 5 aromatic rings. The van der Waals surface area contributed by atoms with E-state index in [1.54, 1.807) is 17.5 Å². The number of hydrogen-bond acceptors (Lipinski definition) is 7. The first-order valence-corrected chi connectivity index (χ1v) is 12.2. The van der Waals surface area contributed by atoms with Crippen molar-refractivity contribution >= 4 is 43.8 Å². The number of aliphatic hydroxyl groups excluding tert-OH is 1. The van der Waals surface area contributed by atoms with Crippen LogP contribution in [0.15, 0.2) is 67.0 Å². The third-order valence-corrected chi connectivity index (χ3v) is 6.80. The highest BCUT2D eigenvalue weighted by Gasteiger charge is 2.14. The Bertz CT molecular complexity index is 1500. The number of hydrogen-bond donors (Lipinski definition) is 4. The molecule has 4 N–H and O–H groups in total. The van der Waals surface area contributed by atoms with Crippen LogP contribution in [0.4, 0.5) is 11.4 Å². The minimum absolute atomic E-state index is 0.0430. The van der Waals surface area contributed by atoms with E-state index >= 15 is 0 Å². The standard InChI is InChI=1S/C27H25N5O2S/c28-15-21-17-31-27-23(26(21)32-22-4-5-24-19(13-22)6-7-30-24)14-25(35-27)20-3-1-2-18(12-20)16-29-8-10-34-11-9-33/h1-7,12-14,17,29-30,33H,8-11,16H2,(H,31,32). The molecule has 0 atom stereocenters. The highest BCUT2D eigenvalue weighted by Crippen LogP contribution is 2.38. The molecule has 0 bridgehead atoms. The smallest absolute Gasteiger partial charge is 0.126 e. The van der Waals surface area contributed by atoms with Crippen LogP contribution in [0.5, 0.6) is 0 Å². The average Bonchev–Trinajstić information content (AvgIpc) is 3.53. The zero-order valence-electron chi connectivity index (χ0n) is 19.0. The van der Waals surface area contributed by atoms with E-state index in [0.717, 1.165) is 56.0 Å². The number of aromatic amines is 1. The molecule has 0 aliphatic carbocycles. The Morgan fingerprint density at radius 2 is 2.06 bits per heavy atom. The van der Waals surface area contributed by atoms with Crippen molar-refractivity contribution < 1.29 is 9.84 Å². The Balaban J connectivity index is 1.40. The van der Waals surface area contributed by atoms with Gasteiger partial charge < -0.3 is 25.5 Å². The Hall–Kier alpha value is -3.74. The van der Waals surface area contributed by atoms with Crippen LogP contribution in [0.25, 0.3) is 31.6 Å². The molecule has 0 saturated heterocycles. The van der Waals surface area contributed by atoms with Crippen LogP contribution in [0.2, 0.25) is 0 Å². The fourth-order valence-electron chi connectivity index (χ4n) is 4.00. The van der Waals surface area contributed by atoms with Gasteiger partial charge in [0.2, 0.25) is 0 Å². The monoisotopic (exact) mass is 483 g/mol. The zero-order chi connectivity index (χ0) is 24.0. The fourth-order valence-corrected chi connectivity index (χ4v) is 5.01. The summed E-state index contributed by atoms with van der Waals surface area (Å²) in [5.74, 6) is 0. The first kappa shape index (κ1) is 23.0. The number of nitrogens with one attached hydrogen (secondary N) is 3. The van der Waals surface area contributed by atoms with Gasteiger partial charge in [-0.15, -0.1) is 11.3 Å². The third kappa shape index (κ3) is 5.19. The van der Waals surface area contributed by atoms with E-state index in [9.17, 15) is 5.26 Å². The van der Waals surface area contributed by atoms with Gasteiger partial charge in [-0.05, 0) is 47.5 Å². The van der Waals surface area contributed by atoms with Crippen LogP contribution in [0.1, 0.15) is 11.1 Å². The molecular formula is C27H25N5O2S. The van der Waals surface area contributed by atoms with Crippen molar-refractivity contribution in [2.45, 2.75) is 6.54 Å². The van der Waals surface area contributed by atoms with E-state index in [1.807, 2.05) is 24.4 Å². The van der Waals surface area contributed by atoms with Gasteiger partial charge in [0.05, 0.1) is 31.1 Å². The van der Waals surface area contributed by atoms with Crippen LogP contribution in [0.3, 0.4) is 0 Å². The summed E-state index contributed by atoms with van der Waals surface area (Å²) in [6.45, 7) is 2.42. The molecule has 0 aliphatic heterocycles. The number of H-pyrrole nitrogens is 1. The van der Waals surface area contributed by atoms with Crippen LogP contribution in [-0.2, 0) is 11.3 Å². The van der Waals surface area contributed by atoms with Gasteiger partial charge in [-0.1, -0.05) is 18.2 Å². The van der Waals surface area contributed by atoms with E-state index in [0.29, 0.717) is 18.8 Å². The molecule has 35 heavy (non-hydrogen) atoms. The van der Waals surface area contributed by atoms with Crippen molar-refractivity contribution in [2.75, 3.05) is 31.7 Å². The highest BCUT2D eigenvalue weighted by molar-refractivity contribution is 7.22. The minimum Gasteiger partial charge on any atom is -0.394 e. The molecule has 0 spiro atoms. The molecule has 0 aliphatic rings. The quantitative estimate of drug-likeness (QED) is 0.205. The number of aromatic nitrogens is 2. The lowest BCUT2D eigenvalue weighted by Gasteiger charge is -2.09. The Labute approximate surface area is 207 Å². The van der Waals surface area contributed by atoms with Gasteiger partial charge in [0.15, 0.2) is 0 Å². The van der Waals surface area contributed by atoms with Gasteiger partial charge in [0.1, 0.15) is 10.9 Å². The second-order valence-corrected chi connectivity index (χ2v) is 9.14. The van der Waals surface area contributed by atoms with Gasteiger partial charge in [0, 0.05) is 52.3 Å². The molecule has 0 radical (unpaired) electrons. The summed E-state index contributed by atoms with van der Waals surface area (Å²) in [5.41, 5.74) is 5.56. The van der Waals surface area contributed by atoms with Crippen LogP contribution in [0, 0.1) is 11.3 Å². The lowest BCUT2D eigenvalue weighted by molar-refractivity contribution is 0.0938.